The number of benzene rings is 1. The maximum atomic E-state index is 13.2. The van der Waals surface area contributed by atoms with Crippen molar-refractivity contribution in [2.45, 2.75) is 12.8 Å². The molecule has 0 atom stereocenters. The summed E-state index contributed by atoms with van der Waals surface area (Å²) in [5.41, 5.74) is 5.74. The van der Waals surface area contributed by atoms with E-state index in [2.05, 4.69) is 5.32 Å². The number of ether oxygens (including phenoxy) is 2. The van der Waals surface area contributed by atoms with Gasteiger partial charge in [-0.2, -0.15) is 0 Å². The Labute approximate surface area is 111 Å². The highest BCUT2D eigenvalue weighted by atomic mass is 19.1. The predicted molar refractivity (Wildman–Crippen MR) is 71.2 cm³/mol. The van der Waals surface area contributed by atoms with Crippen LogP contribution in [-0.4, -0.2) is 33.5 Å². The number of nitrogens with two attached hydrogens (primary N) is 1. The van der Waals surface area contributed by atoms with E-state index in [1.54, 1.807) is 7.11 Å². The first kappa shape index (κ1) is 15.7. The van der Waals surface area contributed by atoms with Gasteiger partial charge in [0, 0.05) is 26.3 Å². The van der Waals surface area contributed by atoms with Crippen LogP contribution in [0.1, 0.15) is 12.8 Å². The van der Waals surface area contributed by atoms with Crippen LogP contribution in [0.3, 0.4) is 0 Å². The van der Waals surface area contributed by atoms with Gasteiger partial charge >= 0.3 is 0 Å². The molecule has 0 bridgehead atoms. The van der Waals surface area contributed by atoms with Gasteiger partial charge in [0.1, 0.15) is 5.82 Å². The molecule has 4 nitrogen and oxygen atoms in total. The normalized spacial score (nSPS) is 10.7. The van der Waals surface area contributed by atoms with Gasteiger partial charge in [-0.25, -0.2) is 8.78 Å². The number of nitrogens with one attached hydrogen (secondary N) is 1. The van der Waals surface area contributed by atoms with E-state index in [4.69, 9.17) is 15.2 Å². The summed E-state index contributed by atoms with van der Waals surface area (Å²) in [6.45, 7) is 2.38. The fraction of sp³-hybridized carbons (Fsp3) is 0.538. The van der Waals surface area contributed by atoms with Gasteiger partial charge in [-0.15, -0.1) is 0 Å². The molecular formula is C13H20F2N2O2. The van der Waals surface area contributed by atoms with Crippen LogP contribution in [0, 0.1) is 11.6 Å². The lowest BCUT2D eigenvalue weighted by atomic mass is 10.2. The number of hydrogen-bond donors (Lipinski definition) is 2. The first-order chi connectivity index (χ1) is 9.15. The number of halogens is 2. The van der Waals surface area contributed by atoms with E-state index < -0.39 is 11.6 Å². The molecule has 0 saturated carbocycles. The number of unbranched alkanes of at least 4 members (excludes halogenated alkanes) is 1. The summed E-state index contributed by atoms with van der Waals surface area (Å²) in [5.74, 6) is -1.39. The zero-order chi connectivity index (χ0) is 14.1. The van der Waals surface area contributed by atoms with E-state index in [0.29, 0.717) is 26.4 Å². The first-order valence-electron chi connectivity index (χ1n) is 6.20. The molecule has 19 heavy (non-hydrogen) atoms. The van der Waals surface area contributed by atoms with Crippen LogP contribution in [0.2, 0.25) is 0 Å². The Morgan fingerprint density at radius 2 is 1.95 bits per heavy atom. The third-order valence-electron chi connectivity index (χ3n) is 2.56. The average molecular weight is 274 g/mol. The van der Waals surface area contributed by atoms with Crippen molar-refractivity contribution >= 4 is 11.4 Å². The average Bonchev–Trinajstić information content (AvgIpc) is 2.38. The molecule has 0 saturated heterocycles. The predicted octanol–water partition coefficient (Wildman–Crippen LogP) is 2.40. The van der Waals surface area contributed by atoms with Crippen molar-refractivity contribution in [3.8, 4) is 0 Å². The van der Waals surface area contributed by atoms with E-state index in [1.807, 2.05) is 0 Å². The molecule has 3 N–H and O–H groups in total. The molecule has 0 radical (unpaired) electrons. The molecule has 0 aromatic heterocycles. The molecule has 0 aliphatic rings. The molecule has 0 fully saturated rings. The summed E-state index contributed by atoms with van der Waals surface area (Å²) in [6, 6.07) is 1.96. The van der Waals surface area contributed by atoms with E-state index in [9.17, 15) is 8.78 Å². The van der Waals surface area contributed by atoms with Crippen molar-refractivity contribution < 1.29 is 18.3 Å². The molecule has 0 aliphatic heterocycles. The summed E-state index contributed by atoms with van der Waals surface area (Å²) in [4.78, 5) is 0. The number of methoxy groups -OCH3 is 1. The van der Waals surface area contributed by atoms with Gasteiger partial charge in [0.2, 0.25) is 0 Å². The Morgan fingerprint density at radius 1 is 1.16 bits per heavy atom. The smallest absolute Gasteiger partial charge is 0.151 e. The fourth-order valence-electron chi connectivity index (χ4n) is 1.53. The second-order valence-corrected chi connectivity index (χ2v) is 4.09. The van der Waals surface area contributed by atoms with Crippen LogP contribution < -0.4 is 11.1 Å². The lowest BCUT2D eigenvalue weighted by Crippen LogP contribution is -2.08. The summed E-state index contributed by atoms with van der Waals surface area (Å²) in [5, 5.41) is 2.91. The zero-order valence-corrected chi connectivity index (χ0v) is 11.0. The van der Waals surface area contributed by atoms with Crippen LogP contribution >= 0.6 is 0 Å². The maximum absolute atomic E-state index is 13.2. The highest BCUT2D eigenvalue weighted by Gasteiger charge is 2.07. The summed E-state index contributed by atoms with van der Waals surface area (Å²) < 4.78 is 36.3. The van der Waals surface area contributed by atoms with Gasteiger partial charge in [-0.05, 0) is 18.9 Å². The molecule has 108 valence electrons. The number of hydrogen-bond acceptors (Lipinski definition) is 4. The molecular weight excluding hydrogens is 254 g/mol. The van der Waals surface area contributed by atoms with Crippen molar-refractivity contribution in [3.63, 3.8) is 0 Å². The summed E-state index contributed by atoms with van der Waals surface area (Å²) >= 11 is 0. The summed E-state index contributed by atoms with van der Waals surface area (Å²) in [6.07, 6.45) is 1.68. The van der Waals surface area contributed by atoms with Crippen molar-refractivity contribution in [1.29, 1.82) is 0 Å². The molecule has 0 spiro atoms. The standard InChI is InChI=1S/C13H20F2N2O2/c1-18-6-7-19-5-3-2-4-17-12-9-10(14)8-11(15)13(12)16/h8-9,17H,2-7,16H2,1H3. The van der Waals surface area contributed by atoms with Crippen LogP contribution in [-0.2, 0) is 9.47 Å². The zero-order valence-electron chi connectivity index (χ0n) is 11.0. The fourth-order valence-corrected chi connectivity index (χ4v) is 1.53. The second kappa shape index (κ2) is 8.66. The van der Waals surface area contributed by atoms with Crippen molar-refractivity contribution in [1.82, 2.24) is 0 Å². The summed E-state index contributed by atoms with van der Waals surface area (Å²) in [7, 11) is 1.62. The van der Waals surface area contributed by atoms with Gasteiger partial charge in [0.25, 0.3) is 0 Å². The Balaban J connectivity index is 2.19. The molecule has 1 aromatic carbocycles. The molecule has 0 heterocycles. The van der Waals surface area contributed by atoms with Gasteiger partial charge in [-0.3, -0.25) is 0 Å². The van der Waals surface area contributed by atoms with Crippen LogP contribution in [0.25, 0.3) is 0 Å². The monoisotopic (exact) mass is 274 g/mol. The van der Waals surface area contributed by atoms with E-state index >= 15 is 0 Å². The van der Waals surface area contributed by atoms with Gasteiger partial charge in [0.15, 0.2) is 5.82 Å². The molecule has 0 unspecified atom stereocenters. The lowest BCUT2D eigenvalue weighted by molar-refractivity contribution is 0.0691. The van der Waals surface area contributed by atoms with Crippen LogP contribution in [0.15, 0.2) is 12.1 Å². The molecule has 0 amide bonds. The number of anilines is 2. The van der Waals surface area contributed by atoms with Crippen molar-refractivity contribution in [2.75, 3.05) is 44.5 Å². The Hall–Kier alpha value is -1.40. The third kappa shape index (κ3) is 5.85. The molecule has 0 aliphatic carbocycles. The quantitative estimate of drug-likeness (QED) is 0.536. The van der Waals surface area contributed by atoms with Gasteiger partial charge < -0.3 is 20.5 Å². The number of rotatable bonds is 9. The van der Waals surface area contributed by atoms with E-state index in [1.165, 1.54) is 6.07 Å². The molecule has 6 heteroatoms. The van der Waals surface area contributed by atoms with Crippen molar-refractivity contribution in [3.05, 3.63) is 23.8 Å². The van der Waals surface area contributed by atoms with Crippen LogP contribution in [0.5, 0.6) is 0 Å². The van der Waals surface area contributed by atoms with E-state index in [0.717, 1.165) is 18.9 Å². The minimum atomic E-state index is -0.745. The maximum Gasteiger partial charge on any atom is 0.151 e. The third-order valence-corrected chi connectivity index (χ3v) is 2.56. The minimum Gasteiger partial charge on any atom is -0.395 e. The highest BCUT2D eigenvalue weighted by molar-refractivity contribution is 5.66. The van der Waals surface area contributed by atoms with Crippen molar-refractivity contribution in [2.24, 2.45) is 0 Å². The SMILES string of the molecule is COCCOCCCCNc1cc(F)cc(F)c1N. The van der Waals surface area contributed by atoms with Gasteiger partial charge in [0.05, 0.1) is 24.6 Å². The minimum absolute atomic E-state index is 0.0576. The second-order valence-electron chi connectivity index (χ2n) is 4.09. The first-order valence-corrected chi connectivity index (χ1v) is 6.20. The Bertz CT molecular complexity index is 389. The lowest BCUT2D eigenvalue weighted by Gasteiger charge is -2.10. The van der Waals surface area contributed by atoms with Gasteiger partial charge in [-0.1, -0.05) is 0 Å². The van der Waals surface area contributed by atoms with E-state index in [-0.39, 0.29) is 11.4 Å². The highest BCUT2D eigenvalue weighted by Crippen LogP contribution is 2.23. The Morgan fingerprint density at radius 3 is 2.68 bits per heavy atom. The molecule has 1 rings (SSSR count). The number of nitrogen functional groups attached to an aromatic ring is 1. The Kier molecular flexibility index (Phi) is 7.14. The molecule has 1 aromatic rings. The largest absolute Gasteiger partial charge is 0.395 e. The van der Waals surface area contributed by atoms with Crippen LogP contribution in [0.4, 0.5) is 20.2 Å². The topological polar surface area (TPSA) is 56.5 Å².